The molecule has 1 aliphatic heterocycles. The lowest BCUT2D eigenvalue weighted by atomic mass is 9.74. The minimum absolute atomic E-state index is 0.00984. The van der Waals surface area contributed by atoms with Crippen LogP contribution in [0.4, 0.5) is 0 Å². The first kappa shape index (κ1) is 9.40. The standard InChI is InChI=1S/C9H18N2O2/c10-8-7(13)6(12)5-9(8)1-3-11-4-2-9/h6-8,11-13H,1-5,10H2/t6-,7+,8+/m0/s1. The Morgan fingerprint density at radius 1 is 1.23 bits per heavy atom. The van der Waals surface area contributed by atoms with E-state index < -0.39 is 12.2 Å². The predicted molar refractivity (Wildman–Crippen MR) is 49.1 cm³/mol. The molecular formula is C9H18N2O2. The van der Waals surface area contributed by atoms with Crippen LogP contribution in [0.25, 0.3) is 0 Å². The number of nitrogens with one attached hydrogen (secondary N) is 1. The van der Waals surface area contributed by atoms with Gasteiger partial charge in [0.25, 0.3) is 0 Å². The van der Waals surface area contributed by atoms with E-state index >= 15 is 0 Å². The molecule has 4 heteroatoms. The molecule has 0 aromatic carbocycles. The summed E-state index contributed by atoms with van der Waals surface area (Å²) in [5, 5.41) is 22.4. The van der Waals surface area contributed by atoms with E-state index in [1.807, 2.05) is 0 Å². The van der Waals surface area contributed by atoms with E-state index in [1.54, 1.807) is 0 Å². The molecule has 5 N–H and O–H groups in total. The van der Waals surface area contributed by atoms with E-state index in [0.717, 1.165) is 25.9 Å². The van der Waals surface area contributed by atoms with Crippen molar-refractivity contribution in [3.05, 3.63) is 0 Å². The number of piperidine rings is 1. The molecule has 2 fully saturated rings. The van der Waals surface area contributed by atoms with Crippen LogP contribution in [0, 0.1) is 5.41 Å². The highest BCUT2D eigenvalue weighted by atomic mass is 16.3. The predicted octanol–water partition coefficient (Wildman–Crippen LogP) is -1.19. The van der Waals surface area contributed by atoms with Crippen LogP contribution >= 0.6 is 0 Å². The SMILES string of the molecule is N[C@@H]1[C@H](O)[C@@H](O)CC12CCNCC2. The average molecular weight is 186 g/mol. The van der Waals surface area contributed by atoms with Crippen LogP contribution in [0.1, 0.15) is 19.3 Å². The largest absolute Gasteiger partial charge is 0.390 e. The molecule has 2 rings (SSSR count). The summed E-state index contributed by atoms with van der Waals surface area (Å²) in [5.74, 6) is 0. The lowest BCUT2D eigenvalue weighted by Crippen LogP contribution is -2.49. The van der Waals surface area contributed by atoms with Crippen molar-refractivity contribution in [3.63, 3.8) is 0 Å². The zero-order valence-electron chi connectivity index (χ0n) is 7.74. The first-order valence-corrected chi connectivity index (χ1v) is 4.98. The van der Waals surface area contributed by atoms with Crippen molar-refractivity contribution in [3.8, 4) is 0 Å². The van der Waals surface area contributed by atoms with Crippen LogP contribution in [0.15, 0.2) is 0 Å². The van der Waals surface area contributed by atoms with Crippen molar-refractivity contribution in [2.75, 3.05) is 13.1 Å². The Bertz CT molecular complexity index is 192. The summed E-state index contributed by atoms with van der Waals surface area (Å²) in [4.78, 5) is 0. The van der Waals surface area contributed by atoms with Gasteiger partial charge in [0.2, 0.25) is 0 Å². The average Bonchev–Trinajstić information content (AvgIpc) is 2.33. The second-order valence-corrected chi connectivity index (χ2v) is 4.40. The van der Waals surface area contributed by atoms with Crippen LogP contribution in [0.2, 0.25) is 0 Å². The van der Waals surface area contributed by atoms with Crippen LogP contribution in [-0.2, 0) is 0 Å². The van der Waals surface area contributed by atoms with Crippen molar-refractivity contribution >= 4 is 0 Å². The third-order valence-corrected chi connectivity index (χ3v) is 3.68. The highest BCUT2D eigenvalue weighted by Gasteiger charge is 2.50. The third-order valence-electron chi connectivity index (χ3n) is 3.68. The summed E-state index contributed by atoms with van der Waals surface area (Å²) in [6.07, 6.45) is 1.27. The number of hydrogen-bond acceptors (Lipinski definition) is 4. The molecule has 0 bridgehead atoms. The molecular weight excluding hydrogens is 168 g/mol. The van der Waals surface area contributed by atoms with Gasteiger partial charge in [-0.3, -0.25) is 0 Å². The molecule has 13 heavy (non-hydrogen) atoms. The molecule has 0 aromatic rings. The maximum atomic E-state index is 9.59. The van der Waals surface area contributed by atoms with Gasteiger partial charge in [-0.15, -0.1) is 0 Å². The summed E-state index contributed by atoms with van der Waals surface area (Å²) in [6.45, 7) is 1.90. The van der Waals surface area contributed by atoms with Crippen molar-refractivity contribution < 1.29 is 10.2 Å². The van der Waals surface area contributed by atoms with Gasteiger partial charge >= 0.3 is 0 Å². The maximum Gasteiger partial charge on any atom is 0.0955 e. The Labute approximate surface area is 78.1 Å². The van der Waals surface area contributed by atoms with Gasteiger partial charge in [-0.1, -0.05) is 0 Å². The molecule has 0 aromatic heterocycles. The van der Waals surface area contributed by atoms with E-state index in [4.69, 9.17) is 5.73 Å². The van der Waals surface area contributed by atoms with E-state index in [-0.39, 0.29) is 11.5 Å². The summed E-state index contributed by atoms with van der Waals surface area (Å²) in [6, 6.07) is -0.246. The Morgan fingerprint density at radius 2 is 1.85 bits per heavy atom. The fourth-order valence-corrected chi connectivity index (χ4v) is 2.74. The third kappa shape index (κ3) is 1.38. The number of aliphatic hydroxyl groups is 2. The lowest BCUT2D eigenvalue weighted by Gasteiger charge is -2.37. The fourth-order valence-electron chi connectivity index (χ4n) is 2.74. The maximum absolute atomic E-state index is 9.59. The Balaban J connectivity index is 2.13. The molecule has 1 aliphatic carbocycles. The van der Waals surface area contributed by atoms with E-state index in [1.165, 1.54) is 0 Å². The quantitative estimate of drug-likeness (QED) is 0.383. The molecule has 2 aliphatic rings. The number of aliphatic hydroxyl groups excluding tert-OH is 2. The highest BCUT2D eigenvalue weighted by Crippen LogP contribution is 2.44. The van der Waals surface area contributed by atoms with Gasteiger partial charge < -0.3 is 21.3 Å². The first-order valence-electron chi connectivity index (χ1n) is 4.98. The van der Waals surface area contributed by atoms with Gasteiger partial charge in [0.15, 0.2) is 0 Å². The molecule has 0 amide bonds. The molecule has 1 spiro atoms. The second-order valence-electron chi connectivity index (χ2n) is 4.40. The molecule has 0 radical (unpaired) electrons. The topological polar surface area (TPSA) is 78.5 Å². The van der Waals surface area contributed by atoms with Gasteiger partial charge in [0, 0.05) is 6.04 Å². The van der Waals surface area contributed by atoms with Crippen LogP contribution in [0.5, 0.6) is 0 Å². The van der Waals surface area contributed by atoms with Gasteiger partial charge in [0.05, 0.1) is 12.2 Å². The van der Waals surface area contributed by atoms with Crippen molar-refractivity contribution in [1.82, 2.24) is 5.32 Å². The Kier molecular flexibility index (Phi) is 2.32. The fraction of sp³-hybridized carbons (Fsp3) is 1.00. The van der Waals surface area contributed by atoms with Crippen molar-refractivity contribution in [2.24, 2.45) is 11.1 Å². The second kappa shape index (κ2) is 3.20. The molecule has 1 saturated carbocycles. The van der Waals surface area contributed by atoms with Crippen molar-refractivity contribution in [1.29, 1.82) is 0 Å². The van der Waals surface area contributed by atoms with Gasteiger partial charge in [-0.25, -0.2) is 0 Å². The number of rotatable bonds is 0. The molecule has 4 nitrogen and oxygen atoms in total. The summed E-state index contributed by atoms with van der Waals surface area (Å²) in [7, 11) is 0. The zero-order chi connectivity index (χ0) is 9.47. The summed E-state index contributed by atoms with van der Waals surface area (Å²) < 4.78 is 0. The van der Waals surface area contributed by atoms with Gasteiger partial charge in [0.1, 0.15) is 0 Å². The van der Waals surface area contributed by atoms with Crippen molar-refractivity contribution in [2.45, 2.75) is 37.5 Å². The van der Waals surface area contributed by atoms with E-state index in [2.05, 4.69) is 5.32 Å². The minimum Gasteiger partial charge on any atom is -0.390 e. The Hall–Kier alpha value is -0.160. The van der Waals surface area contributed by atoms with E-state index in [9.17, 15) is 10.2 Å². The molecule has 0 unspecified atom stereocenters. The number of hydrogen-bond donors (Lipinski definition) is 4. The summed E-state index contributed by atoms with van der Waals surface area (Å²) >= 11 is 0. The van der Waals surface area contributed by atoms with Gasteiger partial charge in [-0.05, 0) is 37.8 Å². The molecule has 3 atom stereocenters. The van der Waals surface area contributed by atoms with Crippen LogP contribution < -0.4 is 11.1 Å². The normalized spacial score (nSPS) is 44.1. The van der Waals surface area contributed by atoms with Crippen LogP contribution in [0.3, 0.4) is 0 Å². The van der Waals surface area contributed by atoms with E-state index in [0.29, 0.717) is 6.42 Å². The number of nitrogens with two attached hydrogens (primary N) is 1. The van der Waals surface area contributed by atoms with Gasteiger partial charge in [-0.2, -0.15) is 0 Å². The summed E-state index contributed by atoms with van der Waals surface area (Å²) in [5.41, 5.74) is 5.93. The Morgan fingerprint density at radius 3 is 2.31 bits per heavy atom. The molecule has 1 heterocycles. The monoisotopic (exact) mass is 186 g/mol. The minimum atomic E-state index is -0.724. The highest BCUT2D eigenvalue weighted by molar-refractivity contribution is 5.05. The first-order chi connectivity index (χ1) is 6.16. The smallest absolute Gasteiger partial charge is 0.0955 e. The lowest BCUT2D eigenvalue weighted by molar-refractivity contribution is 0.0354. The van der Waals surface area contributed by atoms with Crippen LogP contribution in [-0.4, -0.2) is 41.6 Å². The zero-order valence-corrected chi connectivity index (χ0v) is 7.74. The molecule has 76 valence electrons. The molecule has 1 saturated heterocycles.